The van der Waals surface area contributed by atoms with Crippen LogP contribution in [0.15, 0.2) is 0 Å². The molecular formula is C6H10N2O2S. The zero-order valence-electron chi connectivity index (χ0n) is 6.53. The summed E-state index contributed by atoms with van der Waals surface area (Å²) in [4.78, 5) is 24.8. The number of hydrogen-bond donors (Lipinski definition) is 0. The fourth-order valence-corrected chi connectivity index (χ4v) is 1.44. The highest BCUT2D eigenvalue weighted by Gasteiger charge is 2.32. The van der Waals surface area contributed by atoms with Crippen LogP contribution in [0, 0.1) is 0 Å². The standard InChI is InChI=1S/C6H10N2O2S/c1-7-3-5(9)8(4-11-2)6(7)10/h3-4H2,1-2H3. The van der Waals surface area contributed by atoms with Gasteiger partial charge in [0.2, 0.25) is 0 Å². The van der Waals surface area contributed by atoms with Gasteiger partial charge in [-0.15, -0.1) is 11.8 Å². The molecule has 1 rings (SSSR count). The van der Waals surface area contributed by atoms with Crippen LogP contribution in [0.2, 0.25) is 0 Å². The lowest BCUT2D eigenvalue weighted by atomic mass is 10.6. The van der Waals surface area contributed by atoms with Crippen LogP contribution in [-0.2, 0) is 4.79 Å². The van der Waals surface area contributed by atoms with Crippen molar-refractivity contribution in [2.45, 2.75) is 0 Å². The number of carbonyl (C=O) groups is 2. The van der Waals surface area contributed by atoms with E-state index in [1.807, 2.05) is 6.26 Å². The molecule has 0 aromatic carbocycles. The first-order chi connectivity index (χ1) is 5.16. The average Bonchev–Trinajstić information content (AvgIpc) is 2.17. The lowest BCUT2D eigenvalue weighted by Crippen LogP contribution is -2.31. The van der Waals surface area contributed by atoms with Gasteiger partial charge in [0.25, 0.3) is 5.91 Å². The van der Waals surface area contributed by atoms with E-state index < -0.39 is 0 Å². The Hall–Kier alpha value is -0.710. The van der Waals surface area contributed by atoms with Crippen LogP contribution >= 0.6 is 11.8 Å². The Morgan fingerprint density at radius 2 is 2.18 bits per heavy atom. The molecule has 0 spiro atoms. The number of thioether (sulfide) groups is 1. The van der Waals surface area contributed by atoms with Gasteiger partial charge < -0.3 is 4.90 Å². The molecule has 0 aliphatic carbocycles. The van der Waals surface area contributed by atoms with Gasteiger partial charge in [-0.3, -0.25) is 9.69 Å². The monoisotopic (exact) mass is 174 g/mol. The van der Waals surface area contributed by atoms with E-state index in [1.54, 1.807) is 7.05 Å². The number of nitrogens with zero attached hydrogens (tertiary/aromatic N) is 2. The zero-order valence-corrected chi connectivity index (χ0v) is 7.35. The zero-order chi connectivity index (χ0) is 8.43. The van der Waals surface area contributed by atoms with Crippen molar-refractivity contribution in [2.24, 2.45) is 0 Å². The minimum atomic E-state index is -0.190. The molecule has 0 saturated carbocycles. The number of rotatable bonds is 2. The smallest absolute Gasteiger partial charge is 0.318 e. The second kappa shape index (κ2) is 3.13. The molecule has 3 amide bonds. The lowest BCUT2D eigenvalue weighted by Gasteiger charge is -2.11. The fourth-order valence-electron chi connectivity index (χ4n) is 0.925. The first kappa shape index (κ1) is 8.39. The summed E-state index contributed by atoms with van der Waals surface area (Å²) in [5.41, 5.74) is 0. The van der Waals surface area contributed by atoms with E-state index in [9.17, 15) is 9.59 Å². The molecule has 0 unspecified atom stereocenters. The van der Waals surface area contributed by atoms with Crippen molar-refractivity contribution in [3.8, 4) is 0 Å². The molecule has 62 valence electrons. The van der Waals surface area contributed by atoms with Crippen molar-refractivity contribution in [3.05, 3.63) is 0 Å². The minimum Gasteiger partial charge on any atom is -0.318 e. The lowest BCUT2D eigenvalue weighted by molar-refractivity contribution is -0.124. The Bertz CT molecular complexity index is 195. The molecule has 5 heteroatoms. The van der Waals surface area contributed by atoms with Crippen LogP contribution in [0.1, 0.15) is 0 Å². The summed E-state index contributed by atoms with van der Waals surface area (Å²) in [6, 6.07) is -0.190. The Morgan fingerprint density at radius 1 is 1.55 bits per heavy atom. The quantitative estimate of drug-likeness (QED) is 0.561. The van der Waals surface area contributed by atoms with E-state index >= 15 is 0 Å². The van der Waals surface area contributed by atoms with Gasteiger partial charge in [-0.1, -0.05) is 0 Å². The Labute approximate surface area is 69.5 Å². The van der Waals surface area contributed by atoms with Crippen LogP contribution in [0.25, 0.3) is 0 Å². The highest BCUT2D eigenvalue weighted by molar-refractivity contribution is 7.98. The largest absolute Gasteiger partial charge is 0.327 e. The maximum atomic E-state index is 11.1. The van der Waals surface area contributed by atoms with Crippen LogP contribution in [0.5, 0.6) is 0 Å². The molecule has 1 fully saturated rings. The van der Waals surface area contributed by atoms with Crippen molar-refractivity contribution >= 4 is 23.7 Å². The first-order valence-electron chi connectivity index (χ1n) is 3.21. The molecule has 0 radical (unpaired) electrons. The summed E-state index contributed by atoms with van der Waals surface area (Å²) < 4.78 is 0. The van der Waals surface area contributed by atoms with Gasteiger partial charge >= 0.3 is 6.03 Å². The summed E-state index contributed by atoms with van der Waals surface area (Å²) in [5.74, 6) is 0.356. The van der Waals surface area contributed by atoms with Crippen molar-refractivity contribution in [3.63, 3.8) is 0 Å². The van der Waals surface area contributed by atoms with Crippen LogP contribution in [0.4, 0.5) is 4.79 Å². The molecule has 1 aliphatic rings. The minimum absolute atomic E-state index is 0.105. The van der Waals surface area contributed by atoms with E-state index in [4.69, 9.17) is 0 Å². The normalized spacial score (nSPS) is 18.4. The number of likely N-dealkylation sites (N-methyl/N-ethyl adjacent to an activating group) is 1. The second-order valence-electron chi connectivity index (χ2n) is 2.38. The second-order valence-corrected chi connectivity index (χ2v) is 3.21. The maximum absolute atomic E-state index is 11.1. The first-order valence-corrected chi connectivity index (χ1v) is 4.60. The van der Waals surface area contributed by atoms with Crippen LogP contribution in [0.3, 0.4) is 0 Å². The van der Waals surface area contributed by atoms with Crippen molar-refractivity contribution in [1.82, 2.24) is 9.80 Å². The van der Waals surface area contributed by atoms with Crippen molar-refractivity contribution in [1.29, 1.82) is 0 Å². The Balaban J connectivity index is 2.64. The molecule has 1 saturated heterocycles. The third-order valence-corrected chi connectivity index (χ3v) is 2.01. The predicted molar refractivity (Wildman–Crippen MR) is 43.3 cm³/mol. The number of carbonyl (C=O) groups excluding carboxylic acids is 2. The van der Waals surface area contributed by atoms with E-state index in [1.165, 1.54) is 21.6 Å². The summed E-state index contributed by atoms with van der Waals surface area (Å²) in [6.07, 6.45) is 1.86. The van der Waals surface area contributed by atoms with Crippen LogP contribution in [-0.4, -0.2) is 47.5 Å². The summed E-state index contributed by atoms with van der Waals surface area (Å²) in [7, 11) is 1.63. The van der Waals surface area contributed by atoms with Crippen LogP contribution < -0.4 is 0 Å². The average molecular weight is 174 g/mol. The molecule has 1 heterocycles. The number of amides is 3. The van der Waals surface area contributed by atoms with Gasteiger partial charge in [0.15, 0.2) is 0 Å². The molecule has 0 aromatic heterocycles. The van der Waals surface area contributed by atoms with Gasteiger partial charge in [0.05, 0.1) is 5.88 Å². The van der Waals surface area contributed by atoms with E-state index in [-0.39, 0.29) is 18.5 Å². The topological polar surface area (TPSA) is 40.6 Å². The van der Waals surface area contributed by atoms with E-state index in [0.717, 1.165) is 0 Å². The van der Waals surface area contributed by atoms with Crippen molar-refractivity contribution in [2.75, 3.05) is 25.7 Å². The van der Waals surface area contributed by atoms with E-state index in [0.29, 0.717) is 5.88 Å². The van der Waals surface area contributed by atoms with Gasteiger partial charge in [-0.2, -0.15) is 0 Å². The summed E-state index contributed by atoms with van der Waals surface area (Å²) in [6.45, 7) is 0.222. The van der Waals surface area contributed by atoms with Gasteiger partial charge in [-0.25, -0.2) is 4.79 Å². The maximum Gasteiger partial charge on any atom is 0.327 e. The highest BCUT2D eigenvalue weighted by Crippen LogP contribution is 2.10. The summed E-state index contributed by atoms with van der Waals surface area (Å²) in [5, 5.41) is 0. The molecule has 1 aliphatic heterocycles. The van der Waals surface area contributed by atoms with Gasteiger partial charge in [0, 0.05) is 7.05 Å². The summed E-state index contributed by atoms with van der Waals surface area (Å²) >= 11 is 1.47. The predicted octanol–water partition coefficient (Wildman–Crippen LogP) is 0.201. The SMILES string of the molecule is CSCN1C(=O)CN(C)C1=O. The van der Waals surface area contributed by atoms with Gasteiger partial charge in [0.1, 0.15) is 6.54 Å². The molecule has 0 aromatic rings. The fraction of sp³-hybridized carbons (Fsp3) is 0.667. The third-order valence-electron chi connectivity index (χ3n) is 1.49. The molecule has 0 N–H and O–H groups in total. The van der Waals surface area contributed by atoms with Crippen molar-refractivity contribution < 1.29 is 9.59 Å². The Kier molecular flexibility index (Phi) is 2.38. The van der Waals surface area contributed by atoms with Gasteiger partial charge in [-0.05, 0) is 6.26 Å². The number of imide groups is 1. The van der Waals surface area contributed by atoms with E-state index in [2.05, 4.69) is 0 Å². The molecule has 0 atom stereocenters. The third kappa shape index (κ3) is 1.48. The number of urea groups is 1. The molecular weight excluding hydrogens is 164 g/mol. The molecule has 0 bridgehead atoms. The molecule has 11 heavy (non-hydrogen) atoms. The Morgan fingerprint density at radius 3 is 2.55 bits per heavy atom. The highest BCUT2D eigenvalue weighted by atomic mass is 32.2. The molecule has 4 nitrogen and oxygen atoms in total. The number of hydrogen-bond acceptors (Lipinski definition) is 3.